The van der Waals surface area contributed by atoms with E-state index in [0.717, 1.165) is 25.1 Å². The van der Waals surface area contributed by atoms with Crippen LogP contribution in [0.3, 0.4) is 0 Å². The topological polar surface area (TPSA) is 81.2 Å². The van der Waals surface area contributed by atoms with Crippen molar-refractivity contribution < 1.29 is 4.74 Å². The van der Waals surface area contributed by atoms with Crippen molar-refractivity contribution in [2.24, 2.45) is 7.05 Å². The van der Waals surface area contributed by atoms with Crippen LogP contribution in [-0.4, -0.2) is 45.9 Å². The number of likely N-dealkylation sites (tertiary alicyclic amines) is 1. The number of rotatable bonds is 7. The Morgan fingerprint density at radius 2 is 2.07 bits per heavy atom. The van der Waals surface area contributed by atoms with E-state index in [1.807, 2.05) is 7.05 Å². The standard InChI is InChI=1S/C21H32N6O/c1-26-21(24-20(22)25-26)23-12-7-15-28-19-11-6-8-16-17(19)9-5-10-18(16)27-13-3-2-4-14-27/h6,8,11,18H,2-5,7,9-10,12-15H2,1H3,(H3,22,23,24,25). The molecule has 4 rings (SSSR count). The van der Waals surface area contributed by atoms with Crippen LogP contribution in [0.4, 0.5) is 11.9 Å². The molecule has 1 aromatic heterocycles. The third kappa shape index (κ3) is 4.24. The first-order valence-electron chi connectivity index (χ1n) is 10.6. The van der Waals surface area contributed by atoms with E-state index in [-0.39, 0.29) is 0 Å². The van der Waals surface area contributed by atoms with Crippen LogP contribution in [0.15, 0.2) is 18.2 Å². The van der Waals surface area contributed by atoms with Crippen LogP contribution >= 0.6 is 0 Å². The summed E-state index contributed by atoms with van der Waals surface area (Å²) in [4.78, 5) is 6.85. The maximum Gasteiger partial charge on any atom is 0.241 e. The van der Waals surface area contributed by atoms with Crippen molar-refractivity contribution in [3.63, 3.8) is 0 Å². The number of hydrogen-bond donors (Lipinski definition) is 2. The van der Waals surface area contributed by atoms with Gasteiger partial charge in [0.05, 0.1) is 6.61 Å². The number of anilines is 2. The van der Waals surface area contributed by atoms with Gasteiger partial charge >= 0.3 is 0 Å². The van der Waals surface area contributed by atoms with Crippen molar-refractivity contribution in [1.29, 1.82) is 0 Å². The van der Waals surface area contributed by atoms with Gasteiger partial charge in [-0.3, -0.25) is 4.90 Å². The average molecular weight is 385 g/mol. The Labute approximate surface area is 167 Å². The highest BCUT2D eigenvalue weighted by atomic mass is 16.5. The van der Waals surface area contributed by atoms with Crippen molar-refractivity contribution in [3.8, 4) is 5.75 Å². The number of nitrogens with two attached hydrogens (primary N) is 1. The number of hydrogen-bond acceptors (Lipinski definition) is 6. The van der Waals surface area contributed by atoms with Crippen molar-refractivity contribution in [1.82, 2.24) is 19.7 Å². The lowest BCUT2D eigenvalue weighted by molar-refractivity contribution is 0.147. The number of fused-ring (bicyclic) bond motifs is 1. The molecular formula is C21H32N6O. The molecule has 0 spiro atoms. The van der Waals surface area contributed by atoms with Gasteiger partial charge in [-0.1, -0.05) is 18.6 Å². The van der Waals surface area contributed by atoms with Crippen LogP contribution in [0.1, 0.15) is 55.7 Å². The molecule has 0 amide bonds. The number of benzene rings is 1. The zero-order valence-corrected chi connectivity index (χ0v) is 16.9. The van der Waals surface area contributed by atoms with E-state index in [0.29, 0.717) is 24.5 Å². The SMILES string of the molecule is Cn1nc(N)nc1NCCCOc1cccc2c1CCCC2N1CCCCC1. The molecule has 28 heavy (non-hydrogen) atoms. The van der Waals surface area contributed by atoms with Crippen LogP contribution in [0.5, 0.6) is 5.75 Å². The molecule has 0 saturated carbocycles. The molecule has 1 aliphatic carbocycles. The molecule has 2 aliphatic rings. The molecule has 2 heterocycles. The Morgan fingerprint density at radius 1 is 1.21 bits per heavy atom. The first-order chi connectivity index (χ1) is 13.7. The lowest BCUT2D eigenvalue weighted by Crippen LogP contribution is -2.35. The van der Waals surface area contributed by atoms with Gasteiger partial charge in [0.1, 0.15) is 5.75 Å². The van der Waals surface area contributed by atoms with Gasteiger partial charge < -0.3 is 15.8 Å². The zero-order chi connectivity index (χ0) is 19.3. The van der Waals surface area contributed by atoms with E-state index in [1.165, 1.54) is 56.3 Å². The predicted octanol–water partition coefficient (Wildman–Crippen LogP) is 3.14. The molecule has 2 aromatic rings. The summed E-state index contributed by atoms with van der Waals surface area (Å²) in [5.74, 6) is 2.06. The maximum atomic E-state index is 6.19. The van der Waals surface area contributed by atoms with E-state index in [9.17, 15) is 0 Å². The molecule has 1 aromatic carbocycles. The van der Waals surface area contributed by atoms with Gasteiger partial charge in [-0.25, -0.2) is 4.68 Å². The van der Waals surface area contributed by atoms with Gasteiger partial charge in [0, 0.05) is 19.6 Å². The molecule has 1 unspecified atom stereocenters. The number of nitrogens with zero attached hydrogens (tertiary/aromatic N) is 4. The summed E-state index contributed by atoms with van der Waals surface area (Å²) in [6.07, 6.45) is 8.62. The maximum absolute atomic E-state index is 6.19. The second kappa shape index (κ2) is 8.82. The second-order valence-corrected chi connectivity index (χ2v) is 7.87. The van der Waals surface area contributed by atoms with Crippen LogP contribution in [0.2, 0.25) is 0 Å². The number of nitrogens with one attached hydrogen (secondary N) is 1. The van der Waals surface area contributed by atoms with Gasteiger partial charge in [-0.15, -0.1) is 5.10 Å². The highest BCUT2D eigenvalue weighted by Gasteiger charge is 2.28. The zero-order valence-electron chi connectivity index (χ0n) is 16.9. The highest BCUT2D eigenvalue weighted by molar-refractivity contribution is 5.43. The number of piperidine rings is 1. The summed E-state index contributed by atoms with van der Waals surface area (Å²) in [5.41, 5.74) is 8.53. The Balaban J connectivity index is 1.33. The molecular weight excluding hydrogens is 352 g/mol. The van der Waals surface area contributed by atoms with E-state index < -0.39 is 0 Å². The Bertz CT molecular complexity index is 783. The number of nitrogen functional groups attached to an aromatic ring is 1. The summed E-state index contributed by atoms with van der Waals surface area (Å²) in [5, 5.41) is 7.29. The smallest absolute Gasteiger partial charge is 0.241 e. The van der Waals surface area contributed by atoms with Gasteiger partial charge in [0.15, 0.2) is 0 Å². The van der Waals surface area contributed by atoms with Crippen LogP contribution in [0.25, 0.3) is 0 Å². The number of ether oxygens (including phenoxy) is 1. The molecule has 0 bridgehead atoms. The summed E-state index contributed by atoms with van der Waals surface area (Å²) in [6.45, 7) is 3.95. The van der Waals surface area contributed by atoms with Gasteiger partial charge in [-0.05, 0) is 68.8 Å². The van der Waals surface area contributed by atoms with Gasteiger partial charge in [0.2, 0.25) is 11.9 Å². The Morgan fingerprint density at radius 3 is 2.86 bits per heavy atom. The number of aryl methyl sites for hydroxylation is 1. The molecule has 7 nitrogen and oxygen atoms in total. The first kappa shape index (κ1) is 19.1. The summed E-state index contributed by atoms with van der Waals surface area (Å²) in [7, 11) is 1.83. The number of aromatic nitrogens is 3. The van der Waals surface area contributed by atoms with Crippen molar-refractivity contribution in [2.45, 2.75) is 51.0 Å². The third-order valence-corrected chi connectivity index (χ3v) is 5.91. The minimum atomic E-state index is 0.292. The molecule has 1 fully saturated rings. The van der Waals surface area contributed by atoms with E-state index in [1.54, 1.807) is 4.68 Å². The van der Waals surface area contributed by atoms with Crippen molar-refractivity contribution in [3.05, 3.63) is 29.3 Å². The normalized spacial score (nSPS) is 20.0. The second-order valence-electron chi connectivity index (χ2n) is 7.87. The Hall–Kier alpha value is -2.28. The van der Waals surface area contributed by atoms with E-state index in [4.69, 9.17) is 10.5 Å². The highest BCUT2D eigenvalue weighted by Crippen LogP contribution is 2.39. The lowest BCUT2D eigenvalue weighted by Gasteiger charge is -2.38. The average Bonchev–Trinajstić information content (AvgIpc) is 3.05. The Kier molecular flexibility index (Phi) is 6.00. The van der Waals surface area contributed by atoms with Crippen molar-refractivity contribution in [2.75, 3.05) is 37.3 Å². The molecule has 152 valence electrons. The van der Waals surface area contributed by atoms with E-state index in [2.05, 4.69) is 38.5 Å². The lowest BCUT2D eigenvalue weighted by atomic mass is 9.85. The summed E-state index contributed by atoms with van der Waals surface area (Å²) in [6, 6.07) is 7.20. The minimum Gasteiger partial charge on any atom is -0.493 e. The molecule has 1 aliphatic heterocycles. The van der Waals surface area contributed by atoms with Crippen LogP contribution in [-0.2, 0) is 13.5 Å². The van der Waals surface area contributed by atoms with Crippen LogP contribution in [0, 0.1) is 0 Å². The first-order valence-corrected chi connectivity index (χ1v) is 10.6. The minimum absolute atomic E-state index is 0.292. The molecule has 1 atom stereocenters. The molecule has 0 radical (unpaired) electrons. The fraction of sp³-hybridized carbons (Fsp3) is 0.619. The van der Waals surface area contributed by atoms with Gasteiger partial charge in [-0.2, -0.15) is 4.98 Å². The summed E-state index contributed by atoms with van der Waals surface area (Å²) >= 11 is 0. The molecule has 7 heteroatoms. The quantitative estimate of drug-likeness (QED) is 0.714. The fourth-order valence-electron chi connectivity index (χ4n) is 4.55. The van der Waals surface area contributed by atoms with Gasteiger partial charge in [0.25, 0.3) is 0 Å². The third-order valence-electron chi connectivity index (χ3n) is 5.91. The largest absolute Gasteiger partial charge is 0.493 e. The summed E-state index contributed by atoms with van der Waals surface area (Å²) < 4.78 is 7.84. The van der Waals surface area contributed by atoms with Crippen LogP contribution < -0.4 is 15.8 Å². The predicted molar refractivity (Wildman–Crippen MR) is 112 cm³/mol. The van der Waals surface area contributed by atoms with E-state index >= 15 is 0 Å². The molecule has 3 N–H and O–H groups in total. The monoisotopic (exact) mass is 384 g/mol. The molecule has 1 saturated heterocycles. The fourth-order valence-corrected chi connectivity index (χ4v) is 4.55. The van der Waals surface area contributed by atoms with Crippen molar-refractivity contribution >= 4 is 11.9 Å².